The molecule has 0 spiro atoms. The summed E-state index contributed by atoms with van der Waals surface area (Å²) in [6.07, 6.45) is 3.23. The van der Waals surface area contributed by atoms with Crippen LogP contribution < -0.4 is 5.32 Å². The van der Waals surface area contributed by atoms with E-state index >= 15 is 0 Å². The second-order valence-corrected chi connectivity index (χ2v) is 5.95. The molecule has 0 radical (unpaired) electrons. The van der Waals surface area contributed by atoms with Crippen LogP contribution >= 0.6 is 11.6 Å². The van der Waals surface area contributed by atoms with Crippen molar-refractivity contribution in [2.24, 2.45) is 0 Å². The minimum absolute atomic E-state index is 0.291. The molecule has 1 N–H and O–H groups in total. The Morgan fingerprint density at radius 2 is 1.96 bits per heavy atom. The minimum Gasteiger partial charge on any atom is -0.320 e. The lowest BCUT2D eigenvalue weighted by atomic mass is 10.1. The standard InChI is InChI=1S/C18H17ClN4O/c1-12-5-7-14(8-6-12)11-23-17(19)16(13(2)22-23)18(24)21-15-4-3-9-20-10-15/h3-10H,11H2,1-2H3,(H,21,24). The van der Waals surface area contributed by atoms with Crippen molar-refractivity contribution >= 4 is 23.2 Å². The molecule has 24 heavy (non-hydrogen) atoms. The highest BCUT2D eigenvalue weighted by Gasteiger charge is 2.20. The van der Waals surface area contributed by atoms with Gasteiger partial charge in [0.15, 0.2) is 0 Å². The molecule has 6 heteroatoms. The Morgan fingerprint density at radius 3 is 2.62 bits per heavy atom. The summed E-state index contributed by atoms with van der Waals surface area (Å²) in [5.74, 6) is -0.291. The lowest BCUT2D eigenvalue weighted by Crippen LogP contribution is -2.13. The maximum absolute atomic E-state index is 12.5. The van der Waals surface area contributed by atoms with Crippen molar-refractivity contribution in [2.75, 3.05) is 5.32 Å². The summed E-state index contributed by atoms with van der Waals surface area (Å²) in [5, 5.41) is 7.51. The molecule has 2 heterocycles. The number of aromatic nitrogens is 3. The summed E-state index contributed by atoms with van der Waals surface area (Å²) in [6, 6.07) is 11.6. The number of hydrogen-bond donors (Lipinski definition) is 1. The molecular weight excluding hydrogens is 324 g/mol. The largest absolute Gasteiger partial charge is 0.320 e. The van der Waals surface area contributed by atoms with E-state index in [0.29, 0.717) is 28.6 Å². The number of nitrogens with zero attached hydrogens (tertiary/aromatic N) is 3. The van der Waals surface area contributed by atoms with Gasteiger partial charge in [-0.15, -0.1) is 0 Å². The van der Waals surface area contributed by atoms with Crippen molar-refractivity contribution < 1.29 is 4.79 Å². The summed E-state index contributed by atoms with van der Waals surface area (Å²) >= 11 is 6.40. The van der Waals surface area contributed by atoms with Crippen LogP contribution in [0.15, 0.2) is 48.8 Å². The van der Waals surface area contributed by atoms with Crippen LogP contribution in [-0.4, -0.2) is 20.7 Å². The van der Waals surface area contributed by atoms with Crippen LogP contribution in [0.3, 0.4) is 0 Å². The normalized spacial score (nSPS) is 10.6. The van der Waals surface area contributed by atoms with Gasteiger partial charge >= 0.3 is 0 Å². The quantitative estimate of drug-likeness (QED) is 0.784. The Kier molecular flexibility index (Phi) is 4.62. The molecule has 0 atom stereocenters. The van der Waals surface area contributed by atoms with Crippen molar-refractivity contribution in [3.05, 3.63) is 76.3 Å². The first-order valence-electron chi connectivity index (χ1n) is 7.54. The van der Waals surface area contributed by atoms with E-state index in [1.165, 1.54) is 5.56 Å². The third kappa shape index (κ3) is 3.46. The van der Waals surface area contributed by atoms with Crippen molar-refractivity contribution in [3.63, 3.8) is 0 Å². The number of halogens is 1. The van der Waals surface area contributed by atoms with Crippen LogP contribution in [0.4, 0.5) is 5.69 Å². The molecule has 0 unspecified atom stereocenters. The molecule has 122 valence electrons. The van der Waals surface area contributed by atoms with Gasteiger partial charge < -0.3 is 5.32 Å². The summed E-state index contributed by atoms with van der Waals surface area (Å²) in [5.41, 5.74) is 3.85. The monoisotopic (exact) mass is 340 g/mol. The second kappa shape index (κ2) is 6.84. The van der Waals surface area contributed by atoms with Crippen molar-refractivity contribution in [3.8, 4) is 0 Å². The number of benzene rings is 1. The van der Waals surface area contributed by atoms with E-state index in [4.69, 9.17) is 11.6 Å². The van der Waals surface area contributed by atoms with Crippen LogP contribution in [0.25, 0.3) is 0 Å². The van der Waals surface area contributed by atoms with Crippen molar-refractivity contribution in [2.45, 2.75) is 20.4 Å². The highest BCUT2D eigenvalue weighted by Crippen LogP contribution is 2.22. The molecule has 0 bridgehead atoms. The fourth-order valence-corrected chi connectivity index (χ4v) is 2.73. The topological polar surface area (TPSA) is 59.8 Å². The predicted molar refractivity (Wildman–Crippen MR) is 94.4 cm³/mol. The van der Waals surface area contributed by atoms with E-state index in [1.54, 1.807) is 36.1 Å². The first kappa shape index (κ1) is 16.2. The lowest BCUT2D eigenvalue weighted by Gasteiger charge is -2.06. The number of hydrogen-bond acceptors (Lipinski definition) is 3. The van der Waals surface area contributed by atoms with Gasteiger partial charge in [0.25, 0.3) is 5.91 Å². The van der Waals surface area contributed by atoms with Crippen molar-refractivity contribution in [1.82, 2.24) is 14.8 Å². The third-order valence-corrected chi connectivity index (χ3v) is 4.05. The van der Waals surface area contributed by atoms with Gasteiger partial charge in [-0.1, -0.05) is 41.4 Å². The molecule has 5 nitrogen and oxygen atoms in total. The molecule has 2 aromatic heterocycles. The Hall–Kier alpha value is -2.66. The molecular formula is C18H17ClN4O. The zero-order valence-corrected chi connectivity index (χ0v) is 14.2. The summed E-state index contributed by atoms with van der Waals surface area (Å²) in [7, 11) is 0. The summed E-state index contributed by atoms with van der Waals surface area (Å²) in [6.45, 7) is 4.32. The van der Waals surface area contributed by atoms with Crippen LogP contribution in [0.2, 0.25) is 5.15 Å². The number of nitrogens with one attached hydrogen (secondary N) is 1. The molecule has 3 rings (SSSR count). The number of aryl methyl sites for hydroxylation is 2. The maximum Gasteiger partial charge on any atom is 0.260 e. The SMILES string of the molecule is Cc1ccc(Cn2nc(C)c(C(=O)Nc3cccnc3)c2Cl)cc1. The average molecular weight is 341 g/mol. The Labute approximate surface area is 145 Å². The third-order valence-electron chi connectivity index (χ3n) is 3.66. The molecule has 0 fully saturated rings. The van der Waals surface area contributed by atoms with Gasteiger partial charge in [0.1, 0.15) is 5.15 Å². The fourth-order valence-electron chi connectivity index (χ4n) is 2.41. The maximum atomic E-state index is 12.5. The van der Waals surface area contributed by atoms with Crippen LogP contribution in [-0.2, 0) is 6.54 Å². The molecule has 3 aromatic rings. The van der Waals surface area contributed by atoms with Crippen molar-refractivity contribution in [1.29, 1.82) is 0 Å². The average Bonchev–Trinajstić information content (AvgIpc) is 2.84. The van der Waals surface area contributed by atoms with Gasteiger partial charge in [0, 0.05) is 6.20 Å². The molecule has 1 aromatic carbocycles. The molecule has 1 amide bonds. The molecule has 0 saturated carbocycles. The highest BCUT2D eigenvalue weighted by atomic mass is 35.5. The second-order valence-electron chi connectivity index (χ2n) is 5.59. The first-order chi connectivity index (χ1) is 11.5. The number of anilines is 1. The van der Waals surface area contributed by atoms with Crippen LogP contribution in [0, 0.1) is 13.8 Å². The number of carbonyl (C=O) groups is 1. The molecule has 0 aliphatic heterocycles. The first-order valence-corrected chi connectivity index (χ1v) is 7.92. The van der Waals surface area contributed by atoms with Gasteiger partial charge in [0.05, 0.1) is 29.7 Å². The van der Waals surface area contributed by atoms with Gasteiger partial charge in [0.2, 0.25) is 0 Å². The van der Waals surface area contributed by atoms with Gasteiger partial charge in [-0.25, -0.2) is 4.68 Å². The van der Waals surface area contributed by atoms with Crippen LogP contribution in [0.5, 0.6) is 0 Å². The Bertz CT molecular complexity index is 857. The van der Waals surface area contributed by atoms with Gasteiger partial charge in [-0.2, -0.15) is 5.10 Å². The molecule has 0 saturated heterocycles. The summed E-state index contributed by atoms with van der Waals surface area (Å²) < 4.78 is 1.64. The van der Waals surface area contributed by atoms with E-state index in [9.17, 15) is 4.79 Å². The smallest absolute Gasteiger partial charge is 0.260 e. The lowest BCUT2D eigenvalue weighted by molar-refractivity contribution is 0.102. The highest BCUT2D eigenvalue weighted by molar-refractivity contribution is 6.33. The van der Waals surface area contributed by atoms with E-state index in [0.717, 1.165) is 5.56 Å². The number of pyridine rings is 1. The molecule has 0 aliphatic rings. The summed E-state index contributed by atoms with van der Waals surface area (Å²) in [4.78, 5) is 16.5. The van der Waals surface area contributed by atoms with E-state index in [-0.39, 0.29) is 5.91 Å². The fraction of sp³-hybridized carbons (Fsp3) is 0.167. The number of amides is 1. The van der Waals surface area contributed by atoms with E-state index in [2.05, 4.69) is 15.4 Å². The number of rotatable bonds is 4. The zero-order chi connectivity index (χ0) is 17.1. The number of carbonyl (C=O) groups excluding carboxylic acids is 1. The zero-order valence-electron chi connectivity index (χ0n) is 13.5. The Balaban J connectivity index is 1.83. The van der Waals surface area contributed by atoms with E-state index in [1.807, 2.05) is 31.2 Å². The minimum atomic E-state index is -0.291. The predicted octanol–water partition coefficient (Wildman–Crippen LogP) is 3.85. The molecule has 0 aliphatic carbocycles. The van der Waals surface area contributed by atoms with Gasteiger partial charge in [-0.05, 0) is 31.5 Å². The van der Waals surface area contributed by atoms with Crippen LogP contribution in [0.1, 0.15) is 27.2 Å². The Morgan fingerprint density at radius 1 is 1.21 bits per heavy atom. The van der Waals surface area contributed by atoms with E-state index < -0.39 is 0 Å². The van der Waals surface area contributed by atoms with Gasteiger partial charge in [-0.3, -0.25) is 9.78 Å².